The molecule has 0 aliphatic rings. The molecule has 6 rings (SSSR count). The Hall–Kier alpha value is -2.31. The van der Waals surface area contributed by atoms with Crippen LogP contribution in [0.25, 0.3) is 21.5 Å². The number of carbonyl (C=O) groups excluding carboxylic acids is 3. The molecule has 0 bridgehead atoms. The van der Waals surface area contributed by atoms with Gasteiger partial charge in [0.15, 0.2) is 0 Å². The van der Waals surface area contributed by atoms with E-state index in [2.05, 4.69) is 21.3 Å². The van der Waals surface area contributed by atoms with Gasteiger partial charge in [-0.25, -0.2) is 4.79 Å². The van der Waals surface area contributed by atoms with Gasteiger partial charge in [-0.3, -0.25) is 27.8 Å². The van der Waals surface area contributed by atoms with Gasteiger partial charge in [0.25, 0.3) is 52.3 Å². The Morgan fingerprint density at radius 3 is 1.00 bits per heavy atom. The summed E-state index contributed by atoms with van der Waals surface area (Å²) in [6, 6.07) is 21.0. The van der Waals surface area contributed by atoms with E-state index in [0.29, 0.717) is 12.1 Å². The van der Waals surface area contributed by atoms with Gasteiger partial charge in [-0.15, -0.1) is 0 Å². The van der Waals surface area contributed by atoms with E-state index >= 15 is 0 Å². The summed E-state index contributed by atoms with van der Waals surface area (Å²) in [5.74, 6) is -1.93. The zero-order chi connectivity index (χ0) is 42.4. The van der Waals surface area contributed by atoms with Crippen LogP contribution in [-0.2, 0) is 40.5 Å². The van der Waals surface area contributed by atoms with Gasteiger partial charge in [-0.1, -0.05) is 60.7 Å². The summed E-state index contributed by atoms with van der Waals surface area (Å²) in [5, 5.41) is 8.93. The molecule has 0 saturated heterocycles. The maximum absolute atomic E-state index is 13.4. The number of amides is 4. The van der Waals surface area contributed by atoms with Crippen molar-refractivity contribution in [2.75, 3.05) is 21.3 Å². The summed E-state index contributed by atoms with van der Waals surface area (Å²) in [7, 11) is -20.4. The molecule has 0 aliphatic heterocycles. The van der Waals surface area contributed by atoms with E-state index in [0.717, 1.165) is 0 Å². The molecule has 0 saturated carbocycles. The largest absolute Gasteiger partial charge is 1.00 e. The van der Waals surface area contributed by atoms with E-state index < -0.39 is 89.3 Å². The van der Waals surface area contributed by atoms with Crippen LogP contribution in [0.3, 0.4) is 0 Å². The second-order valence-corrected chi connectivity index (χ2v) is 17.7. The molecule has 0 radical (unpaired) electrons. The van der Waals surface area contributed by atoms with Crippen LogP contribution >= 0.6 is 0 Å². The van der Waals surface area contributed by atoms with Gasteiger partial charge in [0.2, 0.25) is 0 Å². The monoisotopic (exact) mass is 966 g/mol. The Morgan fingerprint density at radius 1 is 0.387 bits per heavy atom. The van der Waals surface area contributed by atoms with Crippen molar-refractivity contribution in [2.45, 2.75) is 19.6 Å². The molecule has 62 heavy (non-hydrogen) atoms. The van der Waals surface area contributed by atoms with Gasteiger partial charge in [-0.05, 0) is 48.5 Å². The molecule has 8 N–H and O–H groups in total. The number of fused-ring (bicyclic) bond motifs is 2. The second kappa shape index (κ2) is 21.8. The first kappa shape index (κ1) is 55.8. The molecule has 6 aromatic rings. The minimum atomic E-state index is -5.18. The number of anilines is 4. The van der Waals surface area contributed by atoms with Crippen molar-refractivity contribution in [1.29, 1.82) is 0 Å². The smallest absolute Gasteiger partial charge is 1.00 e. The molecule has 0 fully saturated rings. The van der Waals surface area contributed by atoms with Crippen LogP contribution < -0.4 is 139 Å². The summed E-state index contributed by atoms with van der Waals surface area (Å²) in [6.07, 6.45) is 0. The van der Waals surface area contributed by atoms with Crippen LogP contribution in [0.15, 0.2) is 129 Å². The van der Waals surface area contributed by atoms with Gasteiger partial charge >= 0.3 is 124 Å². The first-order valence-electron chi connectivity index (χ1n) is 15.9. The molecule has 4 amide bonds. The molecule has 0 atom stereocenters. The van der Waals surface area contributed by atoms with Crippen molar-refractivity contribution < 1.29 is 190 Å². The Morgan fingerprint density at radius 2 is 0.694 bits per heavy atom. The summed E-state index contributed by atoms with van der Waals surface area (Å²) >= 11 is 0. The van der Waals surface area contributed by atoms with E-state index in [1.807, 2.05) is 0 Å². The van der Waals surface area contributed by atoms with Crippen LogP contribution in [-0.4, -0.2) is 69.7 Å². The molecule has 0 heterocycles. The van der Waals surface area contributed by atoms with E-state index in [9.17, 15) is 66.3 Å². The molecule has 0 spiro atoms. The minimum Gasteiger partial charge on any atom is -1.00 e. The second-order valence-electron chi connectivity index (χ2n) is 12.1. The van der Waals surface area contributed by atoms with Crippen LogP contribution in [0.2, 0.25) is 0 Å². The topological polar surface area (TPSA) is 317 Å². The van der Waals surface area contributed by atoms with Crippen LogP contribution in [0.4, 0.5) is 27.5 Å². The third-order valence-corrected chi connectivity index (χ3v) is 11.8. The number of benzene rings is 6. The average molecular weight is 967 g/mol. The summed E-state index contributed by atoms with van der Waals surface area (Å²) < 4.78 is 137. The van der Waals surface area contributed by atoms with Crippen LogP contribution in [0.5, 0.6) is 0 Å². The normalized spacial score (nSPS) is 11.4. The Balaban J connectivity index is -0.00000496. The first-order valence-corrected chi connectivity index (χ1v) is 21.7. The number of urea groups is 1. The number of hydrogen-bond acceptors (Lipinski definition) is 11. The van der Waals surface area contributed by atoms with Crippen LogP contribution in [0.1, 0.15) is 26.4 Å². The maximum Gasteiger partial charge on any atom is 1.00 e. The summed E-state index contributed by atoms with van der Waals surface area (Å²) in [6.45, 7) is 0. The Bertz CT molecular complexity index is 3020. The third kappa shape index (κ3) is 12.9. The predicted molar refractivity (Wildman–Crippen MR) is 213 cm³/mol. The Labute approximate surface area is 448 Å². The van der Waals surface area contributed by atoms with Crippen molar-refractivity contribution in [3.63, 3.8) is 0 Å². The molecular formula is C35H30N4Na4O15S4. The van der Waals surface area contributed by atoms with Gasteiger partial charge in [0, 0.05) is 44.0 Å². The molecule has 0 aromatic heterocycles. The SMILES string of the molecule is O=C(Nc1cccc(C(=O)Nc2c(S(=O)(=O)O)cc(S(=O)(=O)O)c3ccccc23)c1)Nc1cccc(C(=O)Nc2c(S(=O)(=O)O)cc(S(=O)(=O)O)c3ccccc23)c1.[H-].[H-].[H-].[H-].[Na+].[Na+].[Na+].[Na+]. The minimum absolute atomic E-state index is 0. The van der Waals surface area contributed by atoms with Gasteiger partial charge < -0.3 is 27.0 Å². The zero-order valence-corrected chi connectivity index (χ0v) is 44.1. The average Bonchev–Trinajstić information content (AvgIpc) is 3.13. The fourth-order valence-corrected chi connectivity index (χ4v) is 8.83. The maximum atomic E-state index is 13.4. The van der Waals surface area contributed by atoms with Crippen molar-refractivity contribution in [1.82, 2.24) is 0 Å². The van der Waals surface area contributed by atoms with Gasteiger partial charge in [-0.2, -0.15) is 33.7 Å². The quantitative estimate of drug-likeness (QED) is 0.0468. The predicted octanol–water partition coefficient (Wildman–Crippen LogP) is -6.41. The van der Waals surface area contributed by atoms with E-state index in [1.165, 1.54) is 97.1 Å². The molecule has 19 nitrogen and oxygen atoms in total. The van der Waals surface area contributed by atoms with Crippen molar-refractivity contribution in [3.05, 3.63) is 120 Å². The van der Waals surface area contributed by atoms with E-state index in [1.54, 1.807) is 0 Å². The van der Waals surface area contributed by atoms with E-state index in [-0.39, 0.29) is 168 Å². The van der Waals surface area contributed by atoms with Crippen LogP contribution in [0, 0.1) is 0 Å². The number of rotatable bonds is 10. The fraction of sp³-hybridized carbons (Fsp3) is 0. The summed E-state index contributed by atoms with van der Waals surface area (Å²) in [5.41, 5.74) is -1.26. The molecular weight excluding hydrogens is 937 g/mol. The molecule has 308 valence electrons. The van der Waals surface area contributed by atoms with Crippen molar-refractivity contribution in [3.8, 4) is 0 Å². The molecule has 6 aromatic carbocycles. The van der Waals surface area contributed by atoms with Crippen molar-refractivity contribution >= 4 is 103 Å². The molecule has 0 aliphatic carbocycles. The number of carbonyl (C=O) groups is 3. The van der Waals surface area contributed by atoms with E-state index in [4.69, 9.17) is 0 Å². The number of nitrogens with one attached hydrogen (secondary N) is 4. The first-order chi connectivity index (χ1) is 27.0. The standard InChI is InChI=1S/C35H26N4O15S4.4Na.4H/c40-33(38-31-25-13-3-1-11-23(25)27(55(43,44)45)17-29(31)57(49,50)51)19-7-5-9-21(15-19)36-35(42)37-22-10-6-8-20(16-22)34(41)39-32-26-14-4-2-12-24(26)28(56(46,47)48)18-30(32)58(52,53)54;;;;;;;;/h1-18H,(H,38,40)(H,39,41)(H2,36,37,42)(H,43,44,45)(H,46,47,48)(H,49,50,51)(H,52,53,54);;;;;;;;/q;4*+1;4*-1. The van der Waals surface area contributed by atoms with Gasteiger partial charge in [0.1, 0.15) is 19.6 Å². The third-order valence-electron chi connectivity index (χ3n) is 8.29. The van der Waals surface area contributed by atoms with Crippen molar-refractivity contribution in [2.24, 2.45) is 0 Å². The summed E-state index contributed by atoms with van der Waals surface area (Å²) in [4.78, 5) is 36.0. The van der Waals surface area contributed by atoms with Gasteiger partial charge in [0.05, 0.1) is 11.4 Å². The fourth-order valence-electron chi connectivity index (χ4n) is 5.87. The Kier molecular flexibility index (Phi) is 19.6. The molecule has 0 unspecified atom stereocenters. The zero-order valence-electron chi connectivity index (χ0n) is 36.8. The molecule has 27 heteroatoms. The number of hydrogen-bond donors (Lipinski definition) is 8.